The van der Waals surface area contributed by atoms with Crippen LogP contribution < -0.4 is 4.72 Å². The van der Waals surface area contributed by atoms with Crippen LogP contribution in [0, 0.1) is 17.0 Å². The third kappa shape index (κ3) is 5.87. The van der Waals surface area contributed by atoms with E-state index >= 15 is 0 Å². The Morgan fingerprint density at radius 1 is 1.22 bits per heavy atom. The van der Waals surface area contributed by atoms with Crippen molar-refractivity contribution in [2.45, 2.75) is 37.1 Å². The lowest BCUT2D eigenvalue weighted by molar-refractivity contribution is -0.385. The second kappa shape index (κ2) is 8.74. The monoisotopic (exact) mass is 392 g/mol. The molecule has 2 aromatic rings. The number of carbonyl (C=O) groups is 1. The Bertz CT molecular complexity index is 928. The standard InChI is InChI=1S/C18H20N2O6S/c1-13-7-9-16(20(23)24)12-17(13)27(25,26)19-15(8-10-18(21)22)11-14-5-3-2-4-6-14/h2-7,9,12,15,19H,8,10-11H2,1H3,(H,21,22). The molecule has 0 spiro atoms. The summed E-state index contributed by atoms with van der Waals surface area (Å²) in [5, 5.41) is 19.9. The highest BCUT2D eigenvalue weighted by Crippen LogP contribution is 2.22. The third-order valence-electron chi connectivity index (χ3n) is 4.03. The molecular formula is C18H20N2O6S. The predicted octanol–water partition coefficient (Wildman–Crippen LogP) is 2.66. The van der Waals surface area contributed by atoms with Gasteiger partial charge in [0.25, 0.3) is 5.69 Å². The summed E-state index contributed by atoms with van der Waals surface area (Å²) in [6.07, 6.45) is 0.201. The van der Waals surface area contributed by atoms with Gasteiger partial charge in [-0.25, -0.2) is 13.1 Å². The molecule has 2 N–H and O–H groups in total. The van der Waals surface area contributed by atoms with Crippen LogP contribution in [0.5, 0.6) is 0 Å². The van der Waals surface area contributed by atoms with Gasteiger partial charge in [-0.05, 0) is 30.9 Å². The van der Waals surface area contributed by atoms with Gasteiger partial charge in [-0.2, -0.15) is 0 Å². The largest absolute Gasteiger partial charge is 0.481 e. The molecule has 0 bridgehead atoms. The van der Waals surface area contributed by atoms with Crippen molar-refractivity contribution in [2.75, 3.05) is 0 Å². The fourth-order valence-corrected chi connectivity index (χ4v) is 4.21. The molecule has 0 fully saturated rings. The normalized spacial score (nSPS) is 12.5. The maximum Gasteiger partial charge on any atom is 0.303 e. The van der Waals surface area contributed by atoms with Gasteiger partial charge in [0.15, 0.2) is 0 Å². The number of rotatable bonds is 9. The van der Waals surface area contributed by atoms with Gasteiger partial charge in [0.05, 0.1) is 9.82 Å². The van der Waals surface area contributed by atoms with Crippen LogP contribution >= 0.6 is 0 Å². The van der Waals surface area contributed by atoms with Crippen LogP contribution in [0.3, 0.4) is 0 Å². The molecular weight excluding hydrogens is 372 g/mol. The van der Waals surface area contributed by atoms with Crippen molar-refractivity contribution in [1.82, 2.24) is 4.72 Å². The number of hydrogen-bond donors (Lipinski definition) is 2. The second-order valence-corrected chi connectivity index (χ2v) is 7.83. The van der Waals surface area contributed by atoms with Crippen LogP contribution in [0.25, 0.3) is 0 Å². The molecule has 0 heterocycles. The van der Waals surface area contributed by atoms with Gasteiger partial charge in [-0.1, -0.05) is 36.4 Å². The van der Waals surface area contributed by atoms with E-state index < -0.39 is 27.0 Å². The fraction of sp³-hybridized carbons (Fsp3) is 0.278. The highest BCUT2D eigenvalue weighted by molar-refractivity contribution is 7.89. The van der Waals surface area contributed by atoms with Crippen molar-refractivity contribution in [3.63, 3.8) is 0 Å². The number of hydrogen-bond acceptors (Lipinski definition) is 5. The third-order valence-corrected chi connectivity index (χ3v) is 5.69. The molecule has 1 unspecified atom stereocenters. The summed E-state index contributed by atoms with van der Waals surface area (Å²) in [4.78, 5) is 21.0. The minimum atomic E-state index is -4.06. The van der Waals surface area contributed by atoms with E-state index in [2.05, 4.69) is 4.72 Å². The van der Waals surface area contributed by atoms with Gasteiger partial charge in [-0.15, -0.1) is 0 Å². The van der Waals surface area contributed by atoms with E-state index in [9.17, 15) is 23.3 Å². The van der Waals surface area contributed by atoms with E-state index in [4.69, 9.17) is 5.11 Å². The first-order valence-corrected chi connectivity index (χ1v) is 9.70. The summed E-state index contributed by atoms with van der Waals surface area (Å²) in [5.41, 5.74) is 0.891. The first-order chi connectivity index (χ1) is 12.7. The van der Waals surface area contributed by atoms with Crippen LogP contribution in [0.15, 0.2) is 53.4 Å². The predicted molar refractivity (Wildman–Crippen MR) is 99.0 cm³/mol. The van der Waals surface area contributed by atoms with Crippen molar-refractivity contribution in [3.05, 3.63) is 69.8 Å². The number of nitrogens with zero attached hydrogens (tertiary/aromatic N) is 1. The number of non-ortho nitro benzene ring substituents is 1. The molecule has 8 nitrogen and oxygen atoms in total. The van der Waals surface area contributed by atoms with E-state index in [0.717, 1.165) is 11.6 Å². The summed E-state index contributed by atoms with van der Waals surface area (Å²) in [7, 11) is -4.06. The molecule has 2 aromatic carbocycles. The Labute approximate surface area is 157 Å². The Hall–Kier alpha value is -2.78. The van der Waals surface area contributed by atoms with E-state index in [0.29, 0.717) is 12.0 Å². The summed E-state index contributed by atoms with van der Waals surface area (Å²) in [5.74, 6) is -1.03. The molecule has 0 aliphatic rings. The first kappa shape index (κ1) is 20.5. The average Bonchev–Trinajstić information content (AvgIpc) is 2.60. The molecule has 0 radical (unpaired) electrons. The maximum absolute atomic E-state index is 12.8. The minimum absolute atomic E-state index is 0.0947. The number of carboxylic acid groups (broad SMARTS) is 1. The summed E-state index contributed by atoms with van der Waals surface area (Å²) in [6, 6.07) is 12.0. The Balaban J connectivity index is 2.30. The van der Waals surface area contributed by atoms with E-state index in [1.807, 2.05) is 30.3 Å². The Morgan fingerprint density at radius 3 is 2.48 bits per heavy atom. The molecule has 0 amide bonds. The average molecular weight is 392 g/mol. The lowest BCUT2D eigenvalue weighted by Gasteiger charge is -2.19. The molecule has 2 rings (SSSR count). The van der Waals surface area contributed by atoms with Crippen molar-refractivity contribution < 1.29 is 23.2 Å². The maximum atomic E-state index is 12.8. The number of benzene rings is 2. The summed E-state index contributed by atoms with van der Waals surface area (Å²) < 4.78 is 28.1. The lowest BCUT2D eigenvalue weighted by Crippen LogP contribution is -2.37. The number of aliphatic carboxylic acids is 1. The van der Waals surface area contributed by atoms with Crippen LogP contribution in [-0.2, 0) is 21.2 Å². The molecule has 0 saturated carbocycles. The van der Waals surface area contributed by atoms with E-state index in [-0.39, 0.29) is 23.4 Å². The van der Waals surface area contributed by atoms with Crippen LogP contribution in [0.2, 0.25) is 0 Å². The fourth-order valence-electron chi connectivity index (χ4n) is 2.67. The van der Waals surface area contributed by atoms with Gasteiger partial charge in [-0.3, -0.25) is 14.9 Å². The zero-order chi connectivity index (χ0) is 20.0. The Morgan fingerprint density at radius 2 is 1.89 bits per heavy atom. The van der Waals surface area contributed by atoms with Crippen molar-refractivity contribution in [3.8, 4) is 0 Å². The molecule has 27 heavy (non-hydrogen) atoms. The number of nitrogens with one attached hydrogen (secondary N) is 1. The van der Waals surface area contributed by atoms with Crippen molar-refractivity contribution in [2.24, 2.45) is 0 Å². The zero-order valence-corrected chi connectivity index (χ0v) is 15.5. The Kier molecular flexibility index (Phi) is 6.65. The highest BCUT2D eigenvalue weighted by atomic mass is 32.2. The molecule has 0 saturated heterocycles. The number of carboxylic acids is 1. The number of aryl methyl sites for hydroxylation is 1. The molecule has 1 atom stereocenters. The topological polar surface area (TPSA) is 127 Å². The first-order valence-electron chi connectivity index (χ1n) is 8.22. The highest BCUT2D eigenvalue weighted by Gasteiger charge is 2.24. The quantitative estimate of drug-likeness (QED) is 0.499. The van der Waals surface area contributed by atoms with E-state index in [1.165, 1.54) is 12.1 Å². The molecule has 0 aromatic heterocycles. The van der Waals surface area contributed by atoms with Gasteiger partial charge in [0.1, 0.15) is 0 Å². The zero-order valence-electron chi connectivity index (χ0n) is 14.7. The van der Waals surface area contributed by atoms with Gasteiger partial charge in [0.2, 0.25) is 10.0 Å². The molecule has 0 aliphatic heterocycles. The van der Waals surface area contributed by atoms with Crippen molar-refractivity contribution in [1.29, 1.82) is 0 Å². The smallest absolute Gasteiger partial charge is 0.303 e. The van der Waals surface area contributed by atoms with Crippen LogP contribution in [-0.4, -0.2) is 30.5 Å². The summed E-state index contributed by atoms with van der Waals surface area (Å²) >= 11 is 0. The number of nitro benzene ring substituents is 1. The van der Waals surface area contributed by atoms with E-state index in [1.54, 1.807) is 6.92 Å². The van der Waals surface area contributed by atoms with Gasteiger partial charge >= 0.3 is 5.97 Å². The number of sulfonamides is 1. The van der Waals surface area contributed by atoms with Crippen LogP contribution in [0.1, 0.15) is 24.0 Å². The lowest BCUT2D eigenvalue weighted by atomic mass is 10.0. The van der Waals surface area contributed by atoms with Crippen molar-refractivity contribution >= 4 is 21.7 Å². The van der Waals surface area contributed by atoms with Crippen LogP contribution in [0.4, 0.5) is 5.69 Å². The molecule has 144 valence electrons. The number of nitro groups is 1. The van der Waals surface area contributed by atoms with Gasteiger partial charge < -0.3 is 5.11 Å². The van der Waals surface area contributed by atoms with Gasteiger partial charge in [0, 0.05) is 24.6 Å². The molecule has 9 heteroatoms. The second-order valence-electron chi connectivity index (χ2n) is 6.15. The minimum Gasteiger partial charge on any atom is -0.481 e. The summed E-state index contributed by atoms with van der Waals surface area (Å²) in [6.45, 7) is 1.54. The molecule has 0 aliphatic carbocycles. The SMILES string of the molecule is Cc1ccc([N+](=O)[O-])cc1S(=O)(=O)NC(CCC(=O)O)Cc1ccccc1.